The average molecular weight is 483 g/mol. The van der Waals surface area contributed by atoms with Crippen LogP contribution in [0.3, 0.4) is 0 Å². The predicted molar refractivity (Wildman–Crippen MR) is 121 cm³/mol. The number of carbonyl (C=O) groups excluding carboxylic acids is 1. The van der Waals surface area contributed by atoms with E-state index in [0.717, 1.165) is 11.1 Å². The summed E-state index contributed by atoms with van der Waals surface area (Å²) in [5.41, 5.74) is 5.16. The van der Waals surface area contributed by atoms with Gasteiger partial charge in [-0.2, -0.15) is 0 Å². The molecule has 7 heteroatoms. The first-order chi connectivity index (χ1) is 15.0. The van der Waals surface area contributed by atoms with Gasteiger partial charge in [-0.1, -0.05) is 54.6 Å². The number of aromatic nitrogens is 1. The second-order valence-electron chi connectivity index (χ2n) is 7.47. The van der Waals surface area contributed by atoms with Gasteiger partial charge in [0.2, 0.25) is 0 Å². The second-order valence-corrected chi connectivity index (χ2v) is 8.28. The summed E-state index contributed by atoms with van der Waals surface area (Å²) in [6, 6.07) is 19.7. The Labute approximate surface area is 189 Å². The summed E-state index contributed by atoms with van der Waals surface area (Å²) in [7, 11) is 0. The van der Waals surface area contributed by atoms with E-state index in [1.807, 2.05) is 24.3 Å². The maximum atomic E-state index is 12.2. The van der Waals surface area contributed by atoms with Crippen molar-refractivity contribution in [3.8, 4) is 11.1 Å². The van der Waals surface area contributed by atoms with E-state index >= 15 is 0 Å². The van der Waals surface area contributed by atoms with E-state index in [1.165, 1.54) is 17.3 Å². The molecule has 1 aliphatic carbocycles. The number of hydrogen-bond acceptors (Lipinski definition) is 5. The Hall–Kier alpha value is -2.74. The zero-order valence-corrected chi connectivity index (χ0v) is 18.3. The molecular formula is C24H23BrN2O4. The van der Waals surface area contributed by atoms with Gasteiger partial charge in [-0.3, -0.25) is 0 Å². The minimum Gasteiger partial charge on any atom is -0.449 e. The van der Waals surface area contributed by atoms with E-state index in [-0.39, 0.29) is 25.5 Å². The number of amides is 1. The molecule has 0 saturated carbocycles. The SMILES string of the molecule is O=C(NCCC(O)C(O)c1ccc(Br)nc1)OCC1c2ccccc2-c2ccccc21. The number of fused-ring (bicyclic) bond motifs is 3. The molecular weight excluding hydrogens is 460 g/mol. The molecule has 4 rings (SSSR count). The van der Waals surface area contributed by atoms with Crippen molar-refractivity contribution >= 4 is 22.0 Å². The zero-order valence-electron chi connectivity index (χ0n) is 16.7. The summed E-state index contributed by atoms with van der Waals surface area (Å²) >= 11 is 3.23. The number of alkyl carbamates (subject to hydrolysis) is 1. The summed E-state index contributed by atoms with van der Waals surface area (Å²) in [6.07, 6.45) is -0.978. The molecule has 2 aromatic carbocycles. The molecule has 3 aromatic rings. The molecule has 160 valence electrons. The van der Waals surface area contributed by atoms with Crippen LogP contribution < -0.4 is 5.32 Å². The Balaban J connectivity index is 1.28. The summed E-state index contributed by atoms with van der Waals surface area (Å²) in [6.45, 7) is 0.411. The lowest BCUT2D eigenvalue weighted by molar-refractivity contribution is 0.0134. The van der Waals surface area contributed by atoms with Gasteiger partial charge in [0.25, 0.3) is 0 Å². The van der Waals surface area contributed by atoms with E-state index in [1.54, 1.807) is 12.1 Å². The molecule has 0 aliphatic heterocycles. The largest absolute Gasteiger partial charge is 0.449 e. The van der Waals surface area contributed by atoms with E-state index < -0.39 is 18.3 Å². The van der Waals surface area contributed by atoms with Crippen molar-refractivity contribution in [2.75, 3.05) is 13.2 Å². The van der Waals surface area contributed by atoms with Crippen LogP contribution >= 0.6 is 15.9 Å². The molecule has 0 bridgehead atoms. The first kappa shape index (κ1) is 21.5. The molecule has 1 amide bonds. The van der Waals surface area contributed by atoms with Crippen molar-refractivity contribution in [1.29, 1.82) is 0 Å². The Morgan fingerprint density at radius 2 is 1.68 bits per heavy atom. The van der Waals surface area contributed by atoms with E-state index in [2.05, 4.69) is 50.5 Å². The number of benzene rings is 2. The number of carbonyl (C=O) groups is 1. The molecule has 0 saturated heterocycles. The Bertz CT molecular complexity index is 1010. The maximum Gasteiger partial charge on any atom is 0.407 e. The molecule has 1 aliphatic rings. The van der Waals surface area contributed by atoms with Gasteiger partial charge in [-0.05, 0) is 50.7 Å². The number of nitrogens with zero attached hydrogens (tertiary/aromatic N) is 1. The molecule has 1 heterocycles. The fourth-order valence-electron chi connectivity index (χ4n) is 3.91. The van der Waals surface area contributed by atoms with Gasteiger partial charge in [0.1, 0.15) is 17.3 Å². The lowest BCUT2D eigenvalue weighted by Gasteiger charge is -2.18. The Kier molecular flexibility index (Phi) is 6.65. The molecule has 0 fully saturated rings. The van der Waals surface area contributed by atoms with Gasteiger partial charge in [0.15, 0.2) is 0 Å². The highest BCUT2D eigenvalue weighted by Gasteiger charge is 2.29. The summed E-state index contributed by atoms with van der Waals surface area (Å²) in [5.74, 6) is -0.00420. The second kappa shape index (κ2) is 9.60. The molecule has 2 atom stereocenters. The first-order valence-corrected chi connectivity index (χ1v) is 10.9. The van der Waals surface area contributed by atoms with Crippen LogP contribution in [0.1, 0.15) is 35.1 Å². The number of halogens is 1. The fraction of sp³-hybridized carbons (Fsp3) is 0.250. The van der Waals surface area contributed by atoms with Crippen molar-refractivity contribution in [1.82, 2.24) is 10.3 Å². The average Bonchev–Trinajstić information content (AvgIpc) is 3.11. The van der Waals surface area contributed by atoms with Gasteiger partial charge in [0.05, 0.1) is 6.10 Å². The highest BCUT2D eigenvalue weighted by Crippen LogP contribution is 2.44. The highest BCUT2D eigenvalue weighted by molar-refractivity contribution is 9.10. The minimum atomic E-state index is -1.08. The van der Waals surface area contributed by atoms with Crippen LogP contribution in [0.25, 0.3) is 11.1 Å². The summed E-state index contributed by atoms with van der Waals surface area (Å²) < 4.78 is 6.12. The normalized spacial score (nSPS) is 14.4. The smallest absolute Gasteiger partial charge is 0.407 e. The third-order valence-corrected chi connectivity index (χ3v) is 5.98. The Morgan fingerprint density at radius 1 is 1.03 bits per heavy atom. The quantitative estimate of drug-likeness (QED) is 0.439. The Morgan fingerprint density at radius 3 is 2.29 bits per heavy atom. The van der Waals surface area contributed by atoms with Gasteiger partial charge in [0, 0.05) is 24.2 Å². The number of ether oxygens (including phenoxy) is 1. The van der Waals surface area contributed by atoms with Crippen LogP contribution in [0.4, 0.5) is 4.79 Å². The van der Waals surface area contributed by atoms with Gasteiger partial charge < -0.3 is 20.3 Å². The standard InChI is InChI=1S/C24H23BrN2O4/c25-22-10-9-15(13-27-22)23(29)21(28)11-12-26-24(30)31-14-20-18-7-3-1-5-16(18)17-6-2-4-8-19(17)20/h1-10,13,20-21,23,28-29H,11-12,14H2,(H,26,30). The van der Waals surface area contributed by atoms with Crippen LogP contribution in [-0.4, -0.2) is 40.5 Å². The highest BCUT2D eigenvalue weighted by atomic mass is 79.9. The summed E-state index contributed by atoms with van der Waals surface area (Å²) in [5, 5.41) is 23.1. The third-order valence-electron chi connectivity index (χ3n) is 5.51. The van der Waals surface area contributed by atoms with Gasteiger partial charge in [-0.25, -0.2) is 9.78 Å². The van der Waals surface area contributed by atoms with Crippen LogP contribution in [0.15, 0.2) is 71.5 Å². The topological polar surface area (TPSA) is 91.7 Å². The molecule has 0 radical (unpaired) electrons. The molecule has 3 N–H and O–H groups in total. The van der Waals surface area contributed by atoms with Crippen LogP contribution in [0.5, 0.6) is 0 Å². The number of aliphatic hydroxyl groups is 2. The molecule has 31 heavy (non-hydrogen) atoms. The lowest BCUT2D eigenvalue weighted by Crippen LogP contribution is -2.30. The van der Waals surface area contributed by atoms with Crippen molar-refractivity contribution in [2.45, 2.75) is 24.5 Å². The molecule has 6 nitrogen and oxygen atoms in total. The molecule has 0 spiro atoms. The van der Waals surface area contributed by atoms with Crippen LogP contribution in [0.2, 0.25) is 0 Å². The fourth-order valence-corrected chi connectivity index (χ4v) is 4.15. The van der Waals surface area contributed by atoms with Crippen molar-refractivity contribution in [2.24, 2.45) is 0 Å². The van der Waals surface area contributed by atoms with E-state index in [9.17, 15) is 15.0 Å². The zero-order chi connectivity index (χ0) is 21.8. The summed E-state index contributed by atoms with van der Waals surface area (Å²) in [4.78, 5) is 16.2. The number of pyridine rings is 1. The number of aliphatic hydroxyl groups excluding tert-OH is 2. The number of hydrogen-bond donors (Lipinski definition) is 3. The number of nitrogens with one attached hydrogen (secondary N) is 1. The van der Waals surface area contributed by atoms with Crippen molar-refractivity contribution in [3.05, 3.63) is 88.2 Å². The lowest BCUT2D eigenvalue weighted by atomic mass is 9.98. The molecule has 1 aromatic heterocycles. The number of rotatable bonds is 7. The van der Waals surface area contributed by atoms with Gasteiger partial charge in [-0.15, -0.1) is 0 Å². The predicted octanol–water partition coefficient (Wildman–Crippen LogP) is 4.17. The van der Waals surface area contributed by atoms with Gasteiger partial charge >= 0.3 is 6.09 Å². The van der Waals surface area contributed by atoms with E-state index in [4.69, 9.17) is 4.74 Å². The minimum absolute atomic E-state index is 0.00420. The van der Waals surface area contributed by atoms with Crippen LogP contribution in [0, 0.1) is 0 Å². The van der Waals surface area contributed by atoms with Crippen molar-refractivity contribution in [3.63, 3.8) is 0 Å². The molecule has 2 unspecified atom stereocenters. The first-order valence-electron chi connectivity index (χ1n) is 10.1. The van der Waals surface area contributed by atoms with Crippen LogP contribution in [-0.2, 0) is 4.74 Å². The maximum absolute atomic E-state index is 12.2. The monoisotopic (exact) mass is 482 g/mol. The van der Waals surface area contributed by atoms with Crippen molar-refractivity contribution < 1.29 is 19.7 Å². The third kappa shape index (κ3) is 4.79. The van der Waals surface area contributed by atoms with E-state index in [0.29, 0.717) is 10.2 Å².